The van der Waals surface area contributed by atoms with E-state index >= 15 is 0 Å². The van der Waals surface area contributed by atoms with Crippen LogP contribution in [0.2, 0.25) is 5.02 Å². The Balaban J connectivity index is 2.05. The van der Waals surface area contributed by atoms with Crippen LogP contribution in [0.15, 0.2) is 41.1 Å². The van der Waals surface area contributed by atoms with E-state index < -0.39 is 0 Å². The van der Waals surface area contributed by atoms with Gasteiger partial charge in [0.25, 0.3) is 0 Å². The van der Waals surface area contributed by atoms with Crippen molar-refractivity contribution in [3.63, 3.8) is 0 Å². The van der Waals surface area contributed by atoms with Crippen LogP contribution in [0.25, 0.3) is 0 Å². The summed E-state index contributed by atoms with van der Waals surface area (Å²) in [5.74, 6) is 0.480. The second-order valence-electron chi connectivity index (χ2n) is 4.70. The lowest BCUT2D eigenvalue weighted by molar-refractivity contribution is 0.562. The third kappa shape index (κ3) is 4.34. The van der Waals surface area contributed by atoms with Crippen molar-refractivity contribution in [2.45, 2.75) is 25.7 Å². The van der Waals surface area contributed by atoms with Crippen molar-refractivity contribution in [3.05, 3.63) is 57.2 Å². The average Bonchev–Trinajstić information content (AvgIpc) is 2.93. The normalized spacial score (nSPS) is 12.5. The Kier molecular flexibility index (Phi) is 5.90. The fraction of sp³-hybridized carbons (Fsp3) is 0.375. The molecule has 0 saturated heterocycles. The Bertz CT molecular complexity index is 481. The summed E-state index contributed by atoms with van der Waals surface area (Å²) in [6, 6.07) is 10.4. The van der Waals surface area contributed by atoms with Crippen LogP contribution < -0.4 is 5.32 Å². The highest BCUT2D eigenvalue weighted by atomic mass is 35.5. The monoisotopic (exact) mass is 293 g/mol. The lowest BCUT2D eigenvalue weighted by atomic mass is 9.92. The van der Waals surface area contributed by atoms with Crippen LogP contribution in [0.3, 0.4) is 0 Å². The van der Waals surface area contributed by atoms with Crippen molar-refractivity contribution in [1.29, 1.82) is 0 Å². The molecule has 3 heteroatoms. The van der Waals surface area contributed by atoms with E-state index in [1.54, 1.807) is 11.3 Å². The molecule has 0 radical (unpaired) electrons. The van der Waals surface area contributed by atoms with Crippen molar-refractivity contribution >= 4 is 22.9 Å². The topological polar surface area (TPSA) is 12.0 Å². The highest BCUT2D eigenvalue weighted by Gasteiger charge is 2.14. The molecule has 0 amide bonds. The fourth-order valence-corrected chi connectivity index (χ4v) is 3.26. The van der Waals surface area contributed by atoms with E-state index in [2.05, 4.69) is 41.2 Å². The lowest BCUT2D eigenvalue weighted by Crippen LogP contribution is -2.21. The predicted molar refractivity (Wildman–Crippen MR) is 85.4 cm³/mol. The maximum Gasteiger partial charge on any atom is 0.0441 e. The Morgan fingerprint density at radius 1 is 1.26 bits per heavy atom. The van der Waals surface area contributed by atoms with Crippen LogP contribution in [0, 0.1) is 0 Å². The van der Waals surface area contributed by atoms with Gasteiger partial charge in [-0.3, -0.25) is 0 Å². The Hall–Kier alpha value is -0.830. The first-order chi connectivity index (χ1) is 9.31. The van der Waals surface area contributed by atoms with Gasteiger partial charge in [-0.05, 0) is 59.3 Å². The van der Waals surface area contributed by atoms with Gasteiger partial charge < -0.3 is 5.32 Å². The summed E-state index contributed by atoms with van der Waals surface area (Å²) in [5.41, 5.74) is 2.69. The van der Waals surface area contributed by atoms with Gasteiger partial charge in [-0.25, -0.2) is 0 Å². The van der Waals surface area contributed by atoms with Gasteiger partial charge in [0.05, 0.1) is 0 Å². The van der Waals surface area contributed by atoms with E-state index in [-0.39, 0.29) is 0 Å². The summed E-state index contributed by atoms with van der Waals surface area (Å²) in [4.78, 5) is 0. The van der Waals surface area contributed by atoms with Gasteiger partial charge in [-0.1, -0.05) is 36.7 Å². The van der Waals surface area contributed by atoms with Crippen LogP contribution in [0.1, 0.15) is 30.4 Å². The zero-order valence-corrected chi connectivity index (χ0v) is 12.8. The summed E-state index contributed by atoms with van der Waals surface area (Å²) < 4.78 is 0. The number of likely N-dealkylation sites (N-methyl/N-ethyl adjacent to an activating group) is 1. The molecule has 1 N–H and O–H groups in total. The molecule has 1 aromatic heterocycles. The summed E-state index contributed by atoms with van der Waals surface area (Å²) in [6.07, 6.45) is 2.25. The van der Waals surface area contributed by atoms with Crippen LogP contribution in [-0.2, 0) is 6.42 Å². The van der Waals surface area contributed by atoms with Crippen molar-refractivity contribution in [2.24, 2.45) is 0 Å². The molecule has 0 aliphatic carbocycles. The van der Waals surface area contributed by atoms with Gasteiger partial charge in [0, 0.05) is 11.6 Å². The number of thiophene rings is 1. The number of hydrogen-bond donors (Lipinski definition) is 1. The minimum atomic E-state index is 0.480. The molecule has 2 aromatic rings. The Labute approximate surface area is 124 Å². The Morgan fingerprint density at radius 2 is 2.11 bits per heavy atom. The van der Waals surface area contributed by atoms with Crippen LogP contribution in [-0.4, -0.2) is 13.1 Å². The van der Waals surface area contributed by atoms with Crippen molar-refractivity contribution < 1.29 is 0 Å². The standard InChI is InChI=1S/C16H20ClNS/c1-2-18-11-14(8-7-13-9-10-19-12-13)15-5-3-4-6-16(15)17/h3-6,9-10,12,14,18H,2,7-8,11H2,1H3. The molecule has 0 aliphatic rings. The fourth-order valence-electron chi connectivity index (χ4n) is 2.27. The second-order valence-corrected chi connectivity index (χ2v) is 5.88. The van der Waals surface area contributed by atoms with Gasteiger partial charge in [-0.2, -0.15) is 11.3 Å². The number of aryl methyl sites for hydroxylation is 1. The largest absolute Gasteiger partial charge is 0.316 e. The smallest absolute Gasteiger partial charge is 0.0441 e. The highest BCUT2D eigenvalue weighted by molar-refractivity contribution is 7.07. The number of benzene rings is 1. The van der Waals surface area contributed by atoms with E-state index in [4.69, 9.17) is 11.6 Å². The molecule has 0 bridgehead atoms. The number of hydrogen-bond acceptors (Lipinski definition) is 2. The maximum absolute atomic E-state index is 6.33. The number of rotatable bonds is 7. The highest BCUT2D eigenvalue weighted by Crippen LogP contribution is 2.28. The van der Waals surface area contributed by atoms with E-state index in [9.17, 15) is 0 Å². The third-order valence-corrected chi connectivity index (χ3v) is 4.42. The summed E-state index contributed by atoms with van der Waals surface area (Å²) in [6.45, 7) is 4.13. The number of halogens is 1. The van der Waals surface area contributed by atoms with Gasteiger partial charge >= 0.3 is 0 Å². The zero-order chi connectivity index (χ0) is 13.5. The second kappa shape index (κ2) is 7.68. The van der Waals surface area contributed by atoms with Crippen LogP contribution >= 0.6 is 22.9 Å². The first-order valence-corrected chi connectivity index (χ1v) is 8.09. The van der Waals surface area contributed by atoms with E-state index in [0.717, 1.165) is 31.0 Å². The first-order valence-electron chi connectivity index (χ1n) is 6.77. The summed E-state index contributed by atoms with van der Waals surface area (Å²) in [5, 5.41) is 8.71. The molecule has 1 nitrogen and oxygen atoms in total. The van der Waals surface area contributed by atoms with E-state index in [1.807, 2.05) is 12.1 Å². The molecule has 1 heterocycles. The maximum atomic E-state index is 6.33. The lowest BCUT2D eigenvalue weighted by Gasteiger charge is -2.19. The molecule has 1 aromatic carbocycles. The Morgan fingerprint density at radius 3 is 2.79 bits per heavy atom. The molecule has 0 spiro atoms. The van der Waals surface area contributed by atoms with E-state index in [1.165, 1.54) is 11.1 Å². The number of nitrogens with one attached hydrogen (secondary N) is 1. The van der Waals surface area contributed by atoms with Crippen molar-refractivity contribution in [1.82, 2.24) is 5.32 Å². The molecule has 1 atom stereocenters. The SMILES string of the molecule is CCNCC(CCc1ccsc1)c1ccccc1Cl. The third-order valence-electron chi connectivity index (χ3n) is 3.35. The van der Waals surface area contributed by atoms with Gasteiger partial charge in [0.15, 0.2) is 0 Å². The molecular formula is C16H20ClNS. The van der Waals surface area contributed by atoms with Crippen LogP contribution in [0.4, 0.5) is 0 Å². The van der Waals surface area contributed by atoms with Crippen molar-refractivity contribution in [3.8, 4) is 0 Å². The zero-order valence-electron chi connectivity index (χ0n) is 11.2. The molecule has 0 aliphatic heterocycles. The molecular weight excluding hydrogens is 274 g/mol. The molecule has 1 unspecified atom stereocenters. The van der Waals surface area contributed by atoms with E-state index in [0.29, 0.717) is 5.92 Å². The molecule has 0 saturated carbocycles. The molecule has 0 fully saturated rings. The summed E-state index contributed by atoms with van der Waals surface area (Å²) in [7, 11) is 0. The quantitative estimate of drug-likeness (QED) is 0.778. The minimum absolute atomic E-state index is 0.480. The van der Waals surface area contributed by atoms with Gasteiger partial charge in [0.2, 0.25) is 0 Å². The first kappa shape index (κ1) is 14.6. The summed E-state index contributed by atoms with van der Waals surface area (Å²) >= 11 is 8.10. The minimum Gasteiger partial charge on any atom is -0.316 e. The van der Waals surface area contributed by atoms with Crippen LogP contribution in [0.5, 0.6) is 0 Å². The molecule has 2 rings (SSSR count). The molecule has 102 valence electrons. The van der Waals surface area contributed by atoms with Crippen molar-refractivity contribution in [2.75, 3.05) is 13.1 Å². The van der Waals surface area contributed by atoms with Gasteiger partial charge in [-0.15, -0.1) is 0 Å². The predicted octanol–water partition coefficient (Wildman–Crippen LogP) is 4.73. The average molecular weight is 294 g/mol. The van der Waals surface area contributed by atoms with Gasteiger partial charge in [0.1, 0.15) is 0 Å². The molecule has 19 heavy (non-hydrogen) atoms.